The minimum atomic E-state index is -2.62. The SMILES string of the molecule is NC1=NC(CCc2ccc(NC(=O)Nc3ccc(Cl)cn3)cc2)CO1.NC1=NC(CCc2ccc(NC(=O)Nc3ccc(Cl)nc3)cc2)CO1.O=C(O)C1CCC(F)(F)CC1. The predicted molar refractivity (Wildman–Crippen MR) is 231 cm³/mol. The summed E-state index contributed by atoms with van der Waals surface area (Å²) in [6.45, 7) is 1.09. The second-order valence-electron chi connectivity index (χ2n) is 14.2. The van der Waals surface area contributed by atoms with E-state index in [9.17, 15) is 23.2 Å². The normalized spacial score (nSPS) is 17.6. The summed E-state index contributed by atoms with van der Waals surface area (Å²) in [5.74, 6) is -3.68. The van der Waals surface area contributed by atoms with Gasteiger partial charge in [0.05, 0.1) is 34.9 Å². The van der Waals surface area contributed by atoms with Crippen molar-refractivity contribution < 1.29 is 37.7 Å². The van der Waals surface area contributed by atoms with Gasteiger partial charge in [-0.25, -0.2) is 38.3 Å². The Morgan fingerprint density at radius 1 is 0.689 bits per heavy atom. The molecule has 16 nitrogen and oxygen atoms in total. The van der Waals surface area contributed by atoms with Crippen LogP contribution < -0.4 is 32.7 Å². The fraction of sp³-hybridized carbons (Fsp3) is 0.341. The average molecular weight is 884 g/mol. The Balaban J connectivity index is 0.000000186. The number of carboxylic acids is 1. The number of ether oxygens (including phenoxy) is 2. The number of anilines is 4. The summed E-state index contributed by atoms with van der Waals surface area (Å²) in [5, 5.41) is 20.2. The molecule has 9 N–H and O–H groups in total. The van der Waals surface area contributed by atoms with E-state index in [1.165, 1.54) is 12.4 Å². The van der Waals surface area contributed by atoms with E-state index in [1.807, 2.05) is 48.5 Å². The number of aromatic nitrogens is 2. The Hall–Kier alpha value is -6.27. The van der Waals surface area contributed by atoms with Gasteiger partial charge in [0.1, 0.15) is 24.2 Å². The number of nitrogens with two attached hydrogens (primary N) is 2. The van der Waals surface area contributed by atoms with Gasteiger partial charge < -0.3 is 42.0 Å². The summed E-state index contributed by atoms with van der Waals surface area (Å²) in [5.41, 5.74) is 15.3. The van der Waals surface area contributed by atoms with Crippen LogP contribution >= 0.6 is 23.2 Å². The van der Waals surface area contributed by atoms with Gasteiger partial charge in [-0.15, -0.1) is 0 Å². The summed E-state index contributed by atoms with van der Waals surface area (Å²) in [6.07, 6.45) is 6.12. The molecule has 20 heteroatoms. The van der Waals surface area contributed by atoms with Crippen LogP contribution in [0.4, 0.5) is 41.2 Å². The summed E-state index contributed by atoms with van der Waals surface area (Å²) in [7, 11) is 0. The number of carboxylic acid groups (broad SMARTS) is 1. The maximum Gasteiger partial charge on any atom is 0.324 e. The number of hydrogen-bond acceptors (Lipinski definition) is 11. The van der Waals surface area contributed by atoms with Crippen molar-refractivity contribution in [3.63, 3.8) is 0 Å². The number of hydrogen-bond donors (Lipinski definition) is 7. The first kappa shape index (κ1) is 45.8. The van der Waals surface area contributed by atoms with Crippen LogP contribution in [0.3, 0.4) is 0 Å². The van der Waals surface area contributed by atoms with Crippen molar-refractivity contribution >= 4 is 76.2 Å². The van der Waals surface area contributed by atoms with E-state index in [0.29, 0.717) is 46.3 Å². The van der Waals surface area contributed by atoms with Crippen molar-refractivity contribution in [2.75, 3.05) is 34.5 Å². The number of carbonyl (C=O) groups is 3. The Kier molecular flexibility index (Phi) is 16.8. The molecule has 1 aliphatic carbocycles. The molecular weight excluding hydrogens is 837 g/mol. The fourth-order valence-corrected chi connectivity index (χ4v) is 6.33. The van der Waals surface area contributed by atoms with Crippen molar-refractivity contribution in [2.45, 2.75) is 69.4 Å². The first-order valence-corrected chi connectivity index (χ1v) is 20.0. The third-order valence-corrected chi connectivity index (χ3v) is 9.89. The number of urea groups is 2. The number of amides is 4. The number of aryl methyl sites for hydroxylation is 2. The molecule has 324 valence electrons. The van der Waals surface area contributed by atoms with Gasteiger partial charge in [0, 0.05) is 30.4 Å². The molecule has 1 saturated carbocycles. The molecule has 4 aromatic rings. The van der Waals surface area contributed by atoms with E-state index < -0.39 is 17.8 Å². The zero-order chi connectivity index (χ0) is 43.8. The van der Waals surface area contributed by atoms with Crippen LogP contribution in [-0.4, -0.2) is 76.4 Å². The monoisotopic (exact) mass is 882 g/mol. The molecule has 0 spiro atoms. The standard InChI is InChI=1S/2C17H18ClN5O2.C7H10F2O2/c18-12-4-8-15(20-9-12)23-17(24)22-13-5-1-11(2-6-13)3-7-14-10-25-16(19)21-14;18-15-8-7-13(9-20-15)23-17(24)22-12-4-1-11(2-5-12)3-6-14-10-25-16(19)21-14;8-7(9)3-1-5(2-4-7)6(10)11/h1-2,4-6,8-9,14H,3,7,10H2,(H2,19,21)(H2,20,22,23,24);1-2,4-5,7-9,14H,3,6,10H2,(H2,19,21)(H2,22,23,24);5H,1-4H2,(H,10,11). The van der Waals surface area contributed by atoms with Crippen molar-refractivity contribution in [3.8, 4) is 0 Å². The number of nitrogens with zero attached hydrogens (tertiary/aromatic N) is 4. The number of alkyl halides is 2. The molecule has 0 radical (unpaired) electrons. The van der Waals surface area contributed by atoms with Gasteiger partial charge in [0.25, 0.3) is 12.0 Å². The van der Waals surface area contributed by atoms with Crippen LogP contribution in [0.15, 0.2) is 95.2 Å². The lowest BCUT2D eigenvalue weighted by atomic mass is 9.87. The number of nitrogens with one attached hydrogen (secondary N) is 4. The Morgan fingerprint density at radius 2 is 1.18 bits per heavy atom. The first-order chi connectivity index (χ1) is 29.2. The van der Waals surface area contributed by atoms with Gasteiger partial charge in [0.15, 0.2) is 0 Å². The van der Waals surface area contributed by atoms with E-state index in [1.54, 1.807) is 24.3 Å². The molecule has 2 atom stereocenters. The second-order valence-corrected chi connectivity index (χ2v) is 15.0. The largest absolute Gasteiger partial charge is 0.481 e. The Morgan fingerprint density at radius 3 is 1.61 bits per heavy atom. The van der Waals surface area contributed by atoms with Crippen molar-refractivity contribution in [1.82, 2.24) is 9.97 Å². The lowest BCUT2D eigenvalue weighted by Crippen LogP contribution is -2.28. The zero-order valence-electron chi connectivity index (χ0n) is 32.8. The summed E-state index contributed by atoms with van der Waals surface area (Å²) < 4.78 is 35.2. The molecule has 7 rings (SSSR count). The third kappa shape index (κ3) is 16.4. The smallest absolute Gasteiger partial charge is 0.324 e. The van der Waals surface area contributed by atoms with Gasteiger partial charge in [0.2, 0.25) is 5.92 Å². The maximum atomic E-state index is 12.4. The number of amidine groups is 2. The average Bonchev–Trinajstić information content (AvgIpc) is 3.86. The van der Waals surface area contributed by atoms with E-state index in [4.69, 9.17) is 49.2 Å². The molecule has 4 amide bonds. The molecule has 4 heterocycles. The Bertz CT molecular complexity index is 1990. The molecule has 2 unspecified atom stereocenters. The van der Waals surface area contributed by atoms with Crippen molar-refractivity contribution in [3.05, 3.63) is 106 Å². The highest BCUT2D eigenvalue weighted by molar-refractivity contribution is 6.30. The minimum Gasteiger partial charge on any atom is -0.481 e. The molecular formula is C41H46Cl2F2N10O6. The molecule has 2 aliphatic heterocycles. The highest BCUT2D eigenvalue weighted by Gasteiger charge is 2.37. The van der Waals surface area contributed by atoms with Crippen LogP contribution in [0.5, 0.6) is 0 Å². The van der Waals surface area contributed by atoms with Crippen LogP contribution in [0.25, 0.3) is 0 Å². The third-order valence-electron chi connectivity index (χ3n) is 9.44. The van der Waals surface area contributed by atoms with Gasteiger partial charge >= 0.3 is 18.0 Å². The number of aliphatic carboxylic acids is 1. The van der Waals surface area contributed by atoms with Crippen LogP contribution in [0.1, 0.15) is 49.7 Å². The number of benzene rings is 2. The topological polar surface area (TPSA) is 241 Å². The molecule has 0 saturated heterocycles. The van der Waals surface area contributed by atoms with Gasteiger partial charge in [-0.2, -0.15) is 0 Å². The molecule has 1 fully saturated rings. The highest BCUT2D eigenvalue weighted by atomic mass is 35.5. The van der Waals surface area contributed by atoms with E-state index in [0.717, 1.165) is 36.8 Å². The first-order valence-electron chi connectivity index (χ1n) is 19.3. The Labute approximate surface area is 360 Å². The van der Waals surface area contributed by atoms with Crippen molar-refractivity contribution in [2.24, 2.45) is 27.4 Å². The highest BCUT2D eigenvalue weighted by Crippen LogP contribution is 2.36. The summed E-state index contributed by atoms with van der Waals surface area (Å²) in [6, 6.07) is 22.0. The molecule has 2 aromatic carbocycles. The van der Waals surface area contributed by atoms with Crippen LogP contribution in [0.2, 0.25) is 10.2 Å². The van der Waals surface area contributed by atoms with E-state index >= 15 is 0 Å². The number of halogens is 4. The molecule has 2 aromatic heterocycles. The van der Waals surface area contributed by atoms with Crippen LogP contribution in [-0.2, 0) is 27.1 Å². The quantitative estimate of drug-likeness (QED) is 0.0717. The van der Waals surface area contributed by atoms with Gasteiger partial charge in [-0.1, -0.05) is 47.5 Å². The number of pyridine rings is 2. The number of rotatable bonds is 11. The van der Waals surface area contributed by atoms with Gasteiger partial charge in [-0.05, 0) is 98.2 Å². The molecule has 3 aliphatic rings. The summed E-state index contributed by atoms with van der Waals surface area (Å²) in [4.78, 5) is 50.5. The zero-order valence-corrected chi connectivity index (χ0v) is 34.3. The van der Waals surface area contributed by atoms with Crippen molar-refractivity contribution in [1.29, 1.82) is 0 Å². The molecule has 61 heavy (non-hydrogen) atoms. The molecule has 0 bridgehead atoms. The number of carbonyl (C=O) groups excluding carboxylic acids is 2. The van der Waals surface area contributed by atoms with Crippen LogP contribution in [0, 0.1) is 5.92 Å². The van der Waals surface area contributed by atoms with Gasteiger partial charge in [-0.3, -0.25) is 10.1 Å². The minimum absolute atomic E-state index is 0.113. The lowest BCUT2D eigenvalue weighted by Gasteiger charge is -2.25. The maximum absolute atomic E-state index is 12.4. The van der Waals surface area contributed by atoms with E-state index in [-0.39, 0.29) is 61.9 Å². The van der Waals surface area contributed by atoms with E-state index in [2.05, 4.69) is 41.2 Å². The predicted octanol–water partition coefficient (Wildman–Crippen LogP) is 7.95. The fourth-order valence-electron chi connectivity index (χ4n) is 6.10. The summed E-state index contributed by atoms with van der Waals surface area (Å²) >= 11 is 11.5. The lowest BCUT2D eigenvalue weighted by molar-refractivity contribution is -0.145. The second kappa shape index (κ2) is 22.4. The number of aliphatic imine (C=N–C) groups is 2.